The molecular formula is C23H24FN3O4. The van der Waals surface area contributed by atoms with Crippen molar-refractivity contribution in [2.75, 3.05) is 31.1 Å². The highest BCUT2D eigenvalue weighted by atomic mass is 19.1. The summed E-state index contributed by atoms with van der Waals surface area (Å²) in [6.45, 7) is 2.45. The summed E-state index contributed by atoms with van der Waals surface area (Å²) in [4.78, 5) is 40.2. The van der Waals surface area contributed by atoms with Gasteiger partial charge in [0.05, 0.1) is 4.92 Å². The Labute approximate surface area is 179 Å². The van der Waals surface area contributed by atoms with Crippen LogP contribution in [0.3, 0.4) is 0 Å². The molecule has 2 aromatic carbocycles. The second kappa shape index (κ2) is 8.83. The van der Waals surface area contributed by atoms with Crippen molar-refractivity contribution >= 4 is 23.1 Å². The Morgan fingerprint density at radius 1 is 0.968 bits per heavy atom. The Kier molecular flexibility index (Phi) is 5.97. The number of rotatable bonds is 5. The summed E-state index contributed by atoms with van der Waals surface area (Å²) in [6.07, 6.45) is 3.08. The fourth-order valence-corrected chi connectivity index (χ4v) is 4.39. The number of nitro benzene ring substituents is 1. The average Bonchev–Trinajstić information content (AvgIpc) is 3.33. The number of amides is 1. The predicted octanol–water partition coefficient (Wildman–Crippen LogP) is 4.07. The number of carbonyl (C=O) groups excluding carboxylic acids is 2. The number of benzene rings is 2. The lowest BCUT2D eigenvalue weighted by atomic mass is 9.88. The largest absolute Gasteiger partial charge is 0.371 e. The van der Waals surface area contributed by atoms with Crippen molar-refractivity contribution in [3.05, 3.63) is 69.5 Å². The number of nitro groups is 1. The summed E-state index contributed by atoms with van der Waals surface area (Å²) in [6, 6.07) is 10.3. The maximum absolute atomic E-state index is 13.1. The van der Waals surface area contributed by atoms with E-state index in [0.717, 1.165) is 18.5 Å². The molecule has 4 rings (SSSR count). The second-order valence-corrected chi connectivity index (χ2v) is 8.09. The summed E-state index contributed by atoms with van der Waals surface area (Å²) >= 11 is 0. The van der Waals surface area contributed by atoms with Crippen molar-refractivity contribution in [3.8, 4) is 0 Å². The molecule has 0 aliphatic carbocycles. The number of carbonyl (C=O) groups is 2. The van der Waals surface area contributed by atoms with Gasteiger partial charge in [0.25, 0.3) is 11.6 Å². The van der Waals surface area contributed by atoms with Gasteiger partial charge in [-0.15, -0.1) is 0 Å². The lowest BCUT2D eigenvalue weighted by Crippen LogP contribution is -2.36. The molecule has 0 radical (unpaired) electrons. The fourth-order valence-electron chi connectivity index (χ4n) is 4.39. The van der Waals surface area contributed by atoms with Crippen molar-refractivity contribution in [1.29, 1.82) is 0 Å². The van der Waals surface area contributed by atoms with Crippen LogP contribution in [0.5, 0.6) is 0 Å². The number of halogens is 1. The van der Waals surface area contributed by atoms with E-state index in [9.17, 15) is 24.1 Å². The van der Waals surface area contributed by atoms with E-state index in [1.165, 1.54) is 30.3 Å². The van der Waals surface area contributed by atoms with Crippen molar-refractivity contribution < 1.29 is 18.9 Å². The Morgan fingerprint density at radius 2 is 1.61 bits per heavy atom. The molecule has 2 heterocycles. The van der Waals surface area contributed by atoms with Crippen molar-refractivity contribution in [3.63, 3.8) is 0 Å². The molecule has 2 saturated heterocycles. The molecule has 8 heteroatoms. The molecule has 0 aromatic heterocycles. The molecule has 2 aliphatic rings. The van der Waals surface area contributed by atoms with Gasteiger partial charge in [-0.2, -0.15) is 0 Å². The molecule has 1 amide bonds. The van der Waals surface area contributed by atoms with E-state index in [-0.39, 0.29) is 34.7 Å². The predicted molar refractivity (Wildman–Crippen MR) is 114 cm³/mol. The Balaban J connectivity index is 1.48. The van der Waals surface area contributed by atoms with Crippen LogP contribution in [0, 0.1) is 21.8 Å². The first kappa shape index (κ1) is 21.0. The summed E-state index contributed by atoms with van der Waals surface area (Å²) in [7, 11) is 0. The molecular weight excluding hydrogens is 401 g/mol. The standard InChI is InChI=1S/C23H24FN3O4/c24-18-5-3-16(4-6-18)22(28)17-9-13-25(14-10-17)19-7-8-21(27(30)31)20(15-19)23(29)26-11-1-2-12-26/h3-8,15,17H,1-2,9-14H2. The van der Waals surface area contributed by atoms with Gasteiger partial charge in [0.1, 0.15) is 11.4 Å². The highest BCUT2D eigenvalue weighted by Gasteiger charge is 2.30. The molecule has 7 nitrogen and oxygen atoms in total. The smallest absolute Gasteiger partial charge is 0.282 e. The first-order chi connectivity index (χ1) is 14.9. The van der Waals surface area contributed by atoms with Gasteiger partial charge < -0.3 is 9.80 Å². The molecule has 0 bridgehead atoms. The highest BCUT2D eigenvalue weighted by Crippen LogP contribution is 2.31. The monoisotopic (exact) mass is 425 g/mol. The van der Waals surface area contributed by atoms with Crippen molar-refractivity contribution in [1.82, 2.24) is 4.90 Å². The summed E-state index contributed by atoms with van der Waals surface area (Å²) in [5, 5.41) is 11.5. The quantitative estimate of drug-likeness (QED) is 0.410. The van der Waals surface area contributed by atoms with Crippen LogP contribution in [0.25, 0.3) is 0 Å². The van der Waals surface area contributed by atoms with Crippen molar-refractivity contribution in [2.24, 2.45) is 5.92 Å². The minimum absolute atomic E-state index is 0.00764. The van der Waals surface area contributed by atoms with Crippen LogP contribution in [0.1, 0.15) is 46.4 Å². The Bertz CT molecular complexity index is 994. The van der Waals surface area contributed by atoms with Gasteiger partial charge >= 0.3 is 0 Å². The number of likely N-dealkylation sites (tertiary alicyclic amines) is 1. The number of nitrogens with zero attached hydrogens (tertiary/aromatic N) is 3. The number of anilines is 1. The minimum Gasteiger partial charge on any atom is -0.371 e. The van der Waals surface area contributed by atoms with E-state index in [1.807, 2.05) is 0 Å². The van der Waals surface area contributed by atoms with Crippen LogP contribution in [-0.2, 0) is 0 Å². The number of Topliss-reactive ketones (excluding diaryl/α,β-unsaturated/α-hetero) is 1. The summed E-state index contributed by atoms with van der Waals surface area (Å²) in [5.74, 6) is -0.810. The van der Waals surface area contributed by atoms with E-state index in [1.54, 1.807) is 17.0 Å². The van der Waals surface area contributed by atoms with Crippen LogP contribution >= 0.6 is 0 Å². The lowest BCUT2D eigenvalue weighted by molar-refractivity contribution is -0.385. The van der Waals surface area contributed by atoms with E-state index in [2.05, 4.69) is 4.90 Å². The van der Waals surface area contributed by atoms with Crippen LogP contribution in [-0.4, -0.2) is 47.7 Å². The molecule has 0 N–H and O–H groups in total. The number of hydrogen-bond donors (Lipinski definition) is 0. The molecule has 2 aromatic rings. The zero-order valence-electron chi connectivity index (χ0n) is 17.1. The van der Waals surface area contributed by atoms with Gasteiger partial charge in [-0.3, -0.25) is 19.7 Å². The number of piperidine rings is 1. The first-order valence-electron chi connectivity index (χ1n) is 10.6. The van der Waals surface area contributed by atoms with Gasteiger partial charge in [-0.1, -0.05) is 0 Å². The van der Waals surface area contributed by atoms with Crippen LogP contribution in [0.15, 0.2) is 42.5 Å². The number of hydrogen-bond acceptors (Lipinski definition) is 5. The zero-order valence-corrected chi connectivity index (χ0v) is 17.1. The molecule has 0 unspecified atom stereocenters. The van der Waals surface area contributed by atoms with Crippen LogP contribution in [0.2, 0.25) is 0 Å². The Hall–Kier alpha value is -3.29. The third kappa shape index (κ3) is 4.42. The highest BCUT2D eigenvalue weighted by molar-refractivity contribution is 5.99. The average molecular weight is 425 g/mol. The maximum atomic E-state index is 13.1. The molecule has 2 fully saturated rings. The fraction of sp³-hybridized carbons (Fsp3) is 0.391. The molecule has 2 aliphatic heterocycles. The van der Waals surface area contributed by atoms with Crippen LogP contribution < -0.4 is 4.90 Å². The third-order valence-electron chi connectivity index (χ3n) is 6.16. The topological polar surface area (TPSA) is 83.8 Å². The normalized spacial score (nSPS) is 17.1. The Morgan fingerprint density at radius 3 is 2.23 bits per heavy atom. The molecule has 0 atom stereocenters. The van der Waals surface area contributed by atoms with E-state index in [4.69, 9.17) is 0 Å². The van der Waals surface area contributed by atoms with Gasteiger partial charge in [-0.05, 0) is 62.1 Å². The SMILES string of the molecule is O=C(c1ccc(F)cc1)C1CCN(c2ccc([N+](=O)[O-])c(C(=O)N3CCCC3)c2)CC1. The van der Waals surface area contributed by atoms with Crippen molar-refractivity contribution in [2.45, 2.75) is 25.7 Å². The minimum atomic E-state index is -0.513. The zero-order chi connectivity index (χ0) is 22.0. The van der Waals surface area contributed by atoms with Gasteiger partial charge in [-0.25, -0.2) is 4.39 Å². The van der Waals surface area contributed by atoms with E-state index in [0.29, 0.717) is 44.6 Å². The second-order valence-electron chi connectivity index (χ2n) is 8.09. The maximum Gasteiger partial charge on any atom is 0.282 e. The van der Waals surface area contributed by atoms with Gasteiger partial charge in [0.15, 0.2) is 5.78 Å². The molecule has 0 spiro atoms. The van der Waals surface area contributed by atoms with Crippen LogP contribution in [0.4, 0.5) is 15.8 Å². The van der Waals surface area contributed by atoms with Gasteiger partial charge in [0, 0.05) is 49.4 Å². The summed E-state index contributed by atoms with van der Waals surface area (Å²) < 4.78 is 13.1. The molecule has 31 heavy (non-hydrogen) atoms. The summed E-state index contributed by atoms with van der Waals surface area (Å²) in [5.41, 5.74) is 1.20. The molecule has 0 saturated carbocycles. The number of ketones is 1. The third-order valence-corrected chi connectivity index (χ3v) is 6.16. The lowest BCUT2D eigenvalue weighted by Gasteiger charge is -2.33. The van der Waals surface area contributed by atoms with E-state index < -0.39 is 4.92 Å². The molecule has 162 valence electrons. The first-order valence-corrected chi connectivity index (χ1v) is 10.6. The van der Waals surface area contributed by atoms with E-state index >= 15 is 0 Å². The van der Waals surface area contributed by atoms with Gasteiger partial charge in [0.2, 0.25) is 0 Å².